The molecule has 21 heavy (non-hydrogen) atoms. The van der Waals surface area contributed by atoms with Crippen molar-refractivity contribution in [2.24, 2.45) is 0 Å². The van der Waals surface area contributed by atoms with Crippen LogP contribution in [0.15, 0.2) is 36.4 Å². The molecule has 0 aromatic heterocycles. The minimum absolute atomic E-state index is 0.262. The average Bonchev–Trinajstić information content (AvgIpc) is 2.45. The third-order valence-electron chi connectivity index (χ3n) is 4.07. The Morgan fingerprint density at radius 1 is 0.952 bits per heavy atom. The van der Waals surface area contributed by atoms with Gasteiger partial charge in [-0.1, -0.05) is 36.4 Å². The van der Waals surface area contributed by atoms with Gasteiger partial charge in [-0.05, 0) is 55.5 Å². The lowest BCUT2D eigenvalue weighted by molar-refractivity contribution is -0.144. The van der Waals surface area contributed by atoms with E-state index in [0.29, 0.717) is 0 Å². The Bertz CT molecular complexity index is 631. The molecular weight excluding hydrogens is 260 g/mol. The van der Waals surface area contributed by atoms with Crippen LogP contribution in [0, 0.1) is 27.7 Å². The topological polar surface area (TPSA) is 26.3 Å². The van der Waals surface area contributed by atoms with Gasteiger partial charge in [-0.3, -0.25) is 4.79 Å². The fourth-order valence-corrected chi connectivity index (χ4v) is 2.73. The molecule has 2 nitrogen and oxygen atoms in total. The second-order valence-electron chi connectivity index (χ2n) is 5.57. The summed E-state index contributed by atoms with van der Waals surface area (Å²) in [7, 11) is 0. The molecule has 0 heterocycles. The first-order valence-corrected chi connectivity index (χ1v) is 7.21. The highest BCUT2D eigenvalue weighted by Gasteiger charge is 2.23. The van der Waals surface area contributed by atoms with Crippen molar-refractivity contribution in [1.29, 1.82) is 0 Å². The van der Waals surface area contributed by atoms with Gasteiger partial charge in [0.2, 0.25) is 0 Å². The lowest BCUT2D eigenvalue weighted by Gasteiger charge is -2.24. The first kappa shape index (κ1) is 15.3. The van der Waals surface area contributed by atoms with E-state index in [0.717, 1.165) is 11.1 Å². The Hall–Kier alpha value is -2.09. The van der Waals surface area contributed by atoms with Gasteiger partial charge in [0, 0.05) is 12.5 Å². The molecule has 0 bridgehead atoms. The van der Waals surface area contributed by atoms with E-state index in [2.05, 4.69) is 33.8 Å². The van der Waals surface area contributed by atoms with E-state index in [-0.39, 0.29) is 12.1 Å². The lowest BCUT2D eigenvalue weighted by atomic mass is 9.88. The summed E-state index contributed by atoms with van der Waals surface area (Å²) >= 11 is 0. The summed E-state index contributed by atoms with van der Waals surface area (Å²) in [4.78, 5) is 11.6. The fraction of sp³-hybridized carbons (Fsp3) is 0.316. The molecule has 0 saturated heterocycles. The highest BCUT2D eigenvalue weighted by molar-refractivity contribution is 5.67. The summed E-state index contributed by atoms with van der Waals surface area (Å²) in [5.74, 6) is -0.262. The first-order valence-electron chi connectivity index (χ1n) is 7.21. The van der Waals surface area contributed by atoms with E-state index < -0.39 is 0 Å². The van der Waals surface area contributed by atoms with Crippen molar-refractivity contribution in [1.82, 2.24) is 0 Å². The van der Waals surface area contributed by atoms with Gasteiger partial charge in [0.1, 0.15) is 0 Å². The number of hydrogen-bond acceptors (Lipinski definition) is 2. The molecule has 0 aliphatic carbocycles. The zero-order chi connectivity index (χ0) is 15.6. The molecule has 2 rings (SSSR count). The molecule has 2 heteroatoms. The van der Waals surface area contributed by atoms with Crippen LogP contribution in [0.1, 0.15) is 46.4 Å². The third kappa shape index (κ3) is 3.15. The van der Waals surface area contributed by atoms with E-state index in [1.165, 1.54) is 29.2 Å². The van der Waals surface area contributed by atoms with Crippen molar-refractivity contribution in [3.05, 3.63) is 69.8 Å². The quantitative estimate of drug-likeness (QED) is 0.771. The van der Waals surface area contributed by atoms with Gasteiger partial charge in [-0.25, -0.2) is 0 Å². The Morgan fingerprint density at radius 2 is 1.48 bits per heavy atom. The van der Waals surface area contributed by atoms with Gasteiger partial charge in [0.05, 0.1) is 0 Å². The maximum absolute atomic E-state index is 11.6. The van der Waals surface area contributed by atoms with Crippen LogP contribution in [0.4, 0.5) is 0 Å². The number of rotatable bonds is 3. The zero-order valence-corrected chi connectivity index (χ0v) is 13.4. The molecule has 0 spiro atoms. The highest BCUT2D eigenvalue weighted by Crippen LogP contribution is 2.34. The largest absolute Gasteiger partial charge is 0.453 e. The second-order valence-corrected chi connectivity index (χ2v) is 5.57. The molecule has 0 fully saturated rings. The SMILES string of the molecule is CC(=O)OC(c1ccccc1)c1c(C)c(C)cc(C)c1C. The maximum atomic E-state index is 11.6. The van der Waals surface area contributed by atoms with E-state index in [4.69, 9.17) is 4.74 Å². The Balaban J connectivity index is 2.65. The van der Waals surface area contributed by atoms with E-state index in [1.807, 2.05) is 30.3 Å². The van der Waals surface area contributed by atoms with E-state index in [1.54, 1.807) is 0 Å². The smallest absolute Gasteiger partial charge is 0.303 e. The summed E-state index contributed by atoms with van der Waals surface area (Å²) in [5, 5.41) is 0. The summed E-state index contributed by atoms with van der Waals surface area (Å²) in [6, 6.07) is 12.1. The molecule has 2 aromatic rings. The number of carbonyl (C=O) groups is 1. The zero-order valence-electron chi connectivity index (χ0n) is 13.4. The molecule has 0 N–H and O–H groups in total. The van der Waals surface area contributed by atoms with Crippen molar-refractivity contribution in [3.8, 4) is 0 Å². The molecule has 1 atom stereocenters. The summed E-state index contributed by atoms with van der Waals surface area (Å²) in [5.41, 5.74) is 6.93. The lowest BCUT2D eigenvalue weighted by Crippen LogP contribution is -2.14. The fourth-order valence-electron chi connectivity index (χ4n) is 2.73. The summed E-state index contributed by atoms with van der Waals surface area (Å²) in [6.45, 7) is 9.85. The predicted octanol–water partition coefficient (Wildman–Crippen LogP) is 4.57. The van der Waals surface area contributed by atoms with Gasteiger partial charge in [-0.15, -0.1) is 0 Å². The monoisotopic (exact) mass is 282 g/mol. The van der Waals surface area contributed by atoms with E-state index >= 15 is 0 Å². The summed E-state index contributed by atoms with van der Waals surface area (Å²) in [6.07, 6.45) is -0.345. The highest BCUT2D eigenvalue weighted by atomic mass is 16.5. The van der Waals surface area contributed by atoms with Crippen LogP contribution < -0.4 is 0 Å². The minimum Gasteiger partial charge on any atom is -0.453 e. The molecule has 0 saturated carbocycles. The number of ether oxygens (including phenoxy) is 1. The van der Waals surface area contributed by atoms with Crippen molar-refractivity contribution in [3.63, 3.8) is 0 Å². The number of carbonyl (C=O) groups excluding carboxylic acids is 1. The molecule has 0 aliphatic heterocycles. The molecule has 1 unspecified atom stereocenters. The Kier molecular flexibility index (Phi) is 4.46. The van der Waals surface area contributed by atoms with Crippen LogP contribution in [0.3, 0.4) is 0 Å². The minimum atomic E-state index is -0.345. The summed E-state index contributed by atoms with van der Waals surface area (Å²) < 4.78 is 5.66. The molecule has 110 valence electrons. The molecule has 0 aliphatic rings. The van der Waals surface area contributed by atoms with Gasteiger partial charge >= 0.3 is 5.97 Å². The Labute approximate surface area is 126 Å². The molecule has 2 aromatic carbocycles. The van der Waals surface area contributed by atoms with Crippen molar-refractivity contribution in [2.45, 2.75) is 40.7 Å². The van der Waals surface area contributed by atoms with Crippen LogP contribution >= 0.6 is 0 Å². The van der Waals surface area contributed by atoms with Crippen LogP contribution in [0.25, 0.3) is 0 Å². The number of esters is 1. The molecule has 0 radical (unpaired) electrons. The van der Waals surface area contributed by atoms with Crippen molar-refractivity contribution < 1.29 is 9.53 Å². The molecule has 0 amide bonds. The van der Waals surface area contributed by atoms with Gasteiger partial charge in [0.15, 0.2) is 6.10 Å². The predicted molar refractivity (Wildman–Crippen MR) is 85.4 cm³/mol. The van der Waals surface area contributed by atoms with Crippen LogP contribution in [-0.4, -0.2) is 5.97 Å². The second kappa shape index (κ2) is 6.13. The van der Waals surface area contributed by atoms with Gasteiger partial charge in [0.25, 0.3) is 0 Å². The molecular formula is C19H22O2. The number of benzene rings is 2. The number of hydrogen-bond donors (Lipinski definition) is 0. The van der Waals surface area contributed by atoms with Crippen LogP contribution in [-0.2, 0) is 9.53 Å². The van der Waals surface area contributed by atoms with Crippen LogP contribution in [0.2, 0.25) is 0 Å². The van der Waals surface area contributed by atoms with Crippen molar-refractivity contribution >= 4 is 5.97 Å². The van der Waals surface area contributed by atoms with Gasteiger partial charge in [-0.2, -0.15) is 0 Å². The van der Waals surface area contributed by atoms with Gasteiger partial charge < -0.3 is 4.74 Å². The normalized spacial score (nSPS) is 12.0. The Morgan fingerprint density at radius 3 is 1.95 bits per heavy atom. The first-order chi connectivity index (χ1) is 9.91. The number of aryl methyl sites for hydroxylation is 2. The van der Waals surface area contributed by atoms with Crippen LogP contribution in [0.5, 0.6) is 0 Å². The standard InChI is InChI=1S/C19H22O2/c1-12-11-13(2)15(4)18(14(12)3)19(21-16(5)20)17-9-7-6-8-10-17/h6-11,19H,1-5H3. The maximum Gasteiger partial charge on any atom is 0.303 e. The van der Waals surface area contributed by atoms with E-state index in [9.17, 15) is 4.79 Å². The third-order valence-corrected chi connectivity index (χ3v) is 4.07. The average molecular weight is 282 g/mol. The van der Waals surface area contributed by atoms with Crippen molar-refractivity contribution in [2.75, 3.05) is 0 Å².